The summed E-state index contributed by atoms with van der Waals surface area (Å²) in [5.74, 6) is 0.388. The highest BCUT2D eigenvalue weighted by Crippen LogP contribution is 2.28. The molecule has 0 radical (unpaired) electrons. The Morgan fingerprint density at radius 2 is 2.08 bits per heavy atom. The second kappa shape index (κ2) is 5.25. The molecule has 0 aromatic heterocycles. The molecule has 1 N–H and O–H groups in total. The van der Waals surface area contributed by atoms with E-state index in [-0.39, 0.29) is 6.61 Å². The lowest BCUT2D eigenvalue weighted by molar-refractivity contribution is 0.274. The Hall–Kier alpha value is -0.530. The topological polar surface area (TPSA) is 20.2 Å². The molecule has 0 saturated carbocycles. The van der Waals surface area contributed by atoms with Gasteiger partial charge in [0.05, 0.1) is 0 Å². The van der Waals surface area contributed by atoms with Crippen molar-refractivity contribution < 1.29 is 5.11 Å². The van der Waals surface area contributed by atoms with Crippen molar-refractivity contribution in [3.05, 3.63) is 34.9 Å². The highest BCUT2D eigenvalue weighted by molar-refractivity contribution is 6.31. The van der Waals surface area contributed by atoms with Gasteiger partial charge in [0.1, 0.15) is 0 Å². The molecule has 0 heterocycles. The lowest BCUT2D eigenvalue weighted by Gasteiger charge is -2.14. The van der Waals surface area contributed by atoms with Crippen LogP contribution in [-0.4, -0.2) is 11.7 Å². The summed E-state index contributed by atoms with van der Waals surface area (Å²) in [6, 6.07) is 7.85. The molecule has 72 valence electrons. The van der Waals surface area contributed by atoms with Crippen molar-refractivity contribution >= 4 is 11.6 Å². The standard InChI is InChI=1S/C11H15ClO/c1-2-9(7-8-13)10-5-3-4-6-11(10)12/h3-6,9,13H,2,7-8H2,1H3. The average molecular weight is 199 g/mol. The van der Waals surface area contributed by atoms with Gasteiger partial charge in [-0.15, -0.1) is 0 Å². The van der Waals surface area contributed by atoms with E-state index in [1.807, 2.05) is 24.3 Å². The molecule has 1 atom stereocenters. The molecular weight excluding hydrogens is 184 g/mol. The van der Waals surface area contributed by atoms with Crippen LogP contribution in [0.4, 0.5) is 0 Å². The van der Waals surface area contributed by atoms with Crippen LogP contribution < -0.4 is 0 Å². The van der Waals surface area contributed by atoms with E-state index in [4.69, 9.17) is 16.7 Å². The molecule has 0 aliphatic rings. The van der Waals surface area contributed by atoms with Gasteiger partial charge in [0.25, 0.3) is 0 Å². The number of halogens is 1. The number of aliphatic hydroxyl groups excluding tert-OH is 1. The molecule has 1 unspecified atom stereocenters. The first-order valence-electron chi connectivity index (χ1n) is 4.64. The first-order chi connectivity index (χ1) is 6.29. The molecule has 0 amide bonds. The Balaban J connectivity index is 2.84. The van der Waals surface area contributed by atoms with Crippen LogP contribution >= 0.6 is 11.6 Å². The molecule has 1 nitrogen and oxygen atoms in total. The van der Waals surface area contributed by atoms with Crippen molar-refractivity contribution in [2.75, 3.05) is 6.61 Å². The van der Waals surface area contributed by atoms with Gasteiger partial charge in [0.2, 0.25) is 0 Å². The van der Waals surface area contributed by atoms with Gasteiger partial charge in [-0.1, -0.05) is 36.7 Å². The van der Waals surface area contributed by atoms with Crippen LogP contribution in [0.3, 0.4) is 0 Å². The van der Waals surface area contributed by atoms with E-state index in [0.29, 0.717) is 5.92 Å². The smallest absolute Gasteiger partial charge is 0.0440 e. The molecule has 1 aromatic carbocycles. The summed E-state index contributed by atoms with van der Waals surface area (Å²) in [5, 5.41) is 9.69. The van der Waals surface area contributed by atoms with Crippen LogP contribution in [0.25, 0.3) is 0 Å². The maximum Gasteiger partial charge on any atom is 0.0440 e. The molecule has 1 aromatic rings. The van der Waals surface area contributed by atoms with Crippen LogP contribution in [0.2, 0.25) is 5.02 Å². The largest absolute Gasteiger partial charge is 0.396 e. The second-order valence-corrected chi connectivity index (χ2v) is 3.55. The Labute approximate surface area is 84.4 Å². The van der Waals surface area contributed by atoms with Crippen molar-refractivity contribution in [2.45, 2.75) is 25.7 Å². The normalized spacial score (nSPS) is 12.8. The van der Waals surface area contributed by atoms with Crippen molar-refractivity contribution in [1.29, 1.82) is 0 Å². The van der Waals surface area contributed by atoms with Gasteiger partial charge < -0.3 is 5.11 Å². The summed E-state index contributed by atoms with van der Waals surface area (Å²) in [6.45, 7) is 2.34. The van der Waals surface area contributed by atoms with Crippen molar-refractivity contribution in [1.82, 2.24) is 0 Å². The fraction of sp³-hybridized carbons (Fsp3) is 0.455. The van der Waals surface area contributed by atoms with E-state index >= 15 is 0 Å². The second-order valence-electron chi connectivity index (χ2n) is 3.14. The van der Waals surface area contributed by atoms with Gasteiger partial charge in [-0.05, 0) is 30.4 Å². The predicted molar refractivity (Wildman–Crippen MR) is 56.2 cm³/mol. The quantitative estimate of drug-likeness (QED) is 0.788. The van der Waals surface area contributed by atoms with Crippen LogP contribution in [0, 0.1) is 0 Å². The Morgan fingerprint density at radius 3 is 2.62 bits per heavy atom. The highest BCUT2D eigenvalue weighted by atomic mass is 35.5. The fourth-order valence-corrected chi connectivity index (χ4v) is 1.83. The first-order valence-corrected chi connectivity index (χ1v) is 5.02. The minimum Gasteiger partial charge on any atom is -0.396 e. The van der Waals surface area contributed by atoms with E-state index in [9.17, 15) is 0 Å². The third-order valence-electron chi connectivity index (χ3n) is 2.32. The van der Waals surface area contributed by atoms with E-state index in [2.05, 4.69) is 6.92 Å². The molecule has 1 rings (SSSR count). The molecule has 2 heteroatoms. The molecular formula is C11H15ClO. The maximum absolute atomic E-state index is 8.88. The van der Waals surface area contributed by atoms with Gasteiger partial charge in [0, 0.05) is 11.6 Å². The molecule has 0 spiro atoms. The Morgan fingerprint density at radius 1 is 1.38 bits per heavy atom. The van der Waals surface area contributed by atoms with Gasteiger partial charge in [-0.3, -0.25) is 0 Å². The number of rotatable bonds is 4. The van der Waals surface area contributed by atoms with Crippen LogP contribution in [0.1, 0.15) is 31.2 Å². The summed E-state index contributed by atoms with van der Waals surface area (Å²) < 4.78 is 0. The number of hydrogen-bond donors (Lipinski definition) is 1. The van der Waals surface area contributed by atoms with Crippen molar-refractivity contribution in [2.24, 2.45) is 0 Å². The molecule has 0 fully saturated rings. The molecule has 0 aliphatic heterocycles. The van der Waals surface area contributed by atoms with Crippen LogP contribution in [0.5, 0.6) is 0 Å². The number of benzene rings is 1. The molecule has 13 heavy (non-hydrogen) atoms. The first kappa shape index (κ1) is 10.6. The molecule has 0 aliphatic carbocycles. The van der Waals surface area contributed by atoms with E-state index in [1.165, 1.54) is 0 Å². The van der Waals surface area contributed by atoms with E-state index in [0.717, 1.165) is 23.4 Å². The zero-order valence-corrected chi connectivity index (χ0v) is 8.59. The molecule has 0 saturated heterocycles. The SMILES string of the molecule is CCC(CCO)c1ccccc1Cl. The minimum atomic E-state index is 0.226. The third kappa shape index (κ3) is 2.71. The average Bonchev–Trinajstić information content (AvgIpc) is 2.16. The Kier molecular flexibility index (Phi) is 4.26. The number of aliphatic hydroxyl groups is 1. The predicted octanol–water partition coefficient (Wildman–Crippen LogP) is 3.22. The summed E-state index contributed by atoms with van der Waals surface area (Å²) in [5.41, 5.74) is 1.15. The number of hydrogen-bond acceptors (Lipinski definition) is 1. The monoisotopic (exact) mass is 198 g/mol. The van der Waals surface area contributed by atoms with Gasteiger partial charge in [0.15, 0.2) is 0 Å². The molecule has 0 bridgehead atoms. The van der Waals surface area contributed by atoms with Gasteiger partial charge >= 0.3 is 0 Å². The minimum absolute atomic E-state index is 0.226. The zero-order chi connectivity index (χ0) is 9.68. The van der Waals surface area contributed by atoms with E-state index < -0.39 is 0 Å². The summed E-state index contributed by atoms with van der Waals surface area (Å²) in [6.07, 6.45) is 1.81. The zero-order valence-electron chi connectivity index (χ0n) is 7.83. The van der Waals surface area contributed by atoms with Crippen molar-refractivity contribution in [3.63, 3.8) is 0 Å². The highest BCUT2D eigenvalue weighted by Gasteiger charge is 2.10. The summed E-state index contributed by atoms with van der Waals surface area (Å²) in [4.78, 5) is 0. The van der Waals surface area contributed by atoms with E-state index in [1.54, 1.807) is 0 Å². The van der Waals surface area contributed by atoms with Crippen LogP contribution in [0.15, 0.2) is 24.3 Å². The third-order valence-corrected chi connectivity index (χ3v) is 2.66. The maximum atomic E-state index is 8.88. The lowest BCUT2D eigenvalue weighted by atomic mass is 9.94. The fourth-order valence-electron chi connectivity index (χ4n) is 1.54. The van der Waals surface area contributed by atoms with Crippen LogP contribution in [-0.2, 0) is 0 Å². The Bertz CT molecular complexity index is 260. The van der Waals surface area contributed by atoms with Crippen molar-refractivity contribution in [3.8, 4) is 0 Å². The lowest BCUT2D eigenvalue weighted by Crippen LogP contribution is -2.00. The van der Waals surface area contributed by atoms with Gasteiger partial charge in [-0.2, -0.15) is 0 Å². The summed E-state index contributed by atoms with van der Waals surface area (Å²) >= 11 is 6.05. The van der Waals surface area contributed by atoms with Gasteiger partial charge in [-0.25, -0.2) is 0 Å². The summed E-state index contributed by atoms with van der Waals surface area (Å²) in [7, 11) is 0.